The Labute approximate surface area is 83.7 Å². The van der Waals surface area contributed by atoms with E-state index in [-0.39, 0.29) is 5.76 Å². The van der Waals surface area contributed by atoms with Crippen LogP contribution in [0.1, 0.15) is 11.9 Å². The van der Waals surface area contributed by atoms with E-state index in [1.165, 1.54) is 18.4 Å². The number of aliphatic hydroxyl groups excluding tert-OH is 1. The zero-order valence-corrected chi connectivity index (χ0v) is 7.79. The molecule has 1 aromatic heterocycles. The molecule has 1 heterocycles. The molecule has 0 radical (unpaired) electrons. The molecule has 0 spiro atoms. The standard InChI is InChI=1S/C7H6Cl2O4/c8-7(9,6(11)12)5(10)4-2-1-3-13-4/h1-3,5,10H,(H,11,12). The van der Waals surface area contributed by atoms with Crippen LogP contribution >= 0.6 is 23.2 Å². The highest BCUT2D eigenvalue weighted by atomic mass is 35.5. The fourth-order valence-electron chi connectivity index (χ4n) is 0.742. The number of carboxylic acids is 1. The third-order valence-corrected chi connectivity index (χ3v) is 2.18. The van der Waals surface area contributed by atoms with Crippen molar-refractivity contribution in [1.82, 2.24) is 0 Å². The fraction of sp³-hybridized carbons (Fsp3) is 0.286. The Morgan fingerprint density at radius 3 is 2.62 bits per heavy atom. The minimum atomic E-state index is -2.29. The summed E-state index contributed by atoms with van der Waals surface area (Å²) >= 11 is 10.7. The summed E-state index contributed by atoms with van der Waals surface area (Å²) in [6, 6.07) is 2.87. The van der Waals surface area contributed by atoms with Crippen LogP contribution in [-0.2, 0) is 4.79 Å². The van der Waals surface area contributed by atoms with Gasteiger partial charge in [0.2, 0.25) is 4.33 Å². The number of halogens is 2. The number of carboxylic acid groups (broad SMARTS) is 1. The quantitative estimate of drug-likeness (QED) is 0.766. The summed E-state index contributed by atoms with van der Waals surface area (Å²) in [5.74, 6) is -1.52. The molecular formula is C7H6Cl2O4. The van der Waals surface area contributed by atoms with E-state index in [0.29, 0.717) is 0 Å². The van der Waals surface area contributed by atoms with Crippen molar-refractivity contribution in [3.8, 4) is 0 Å². The van der Waals surface area contributed by atoms with Crippen LogP contribution in [0, 0.1) is 0 Å². The summed E-state index contributed by atoms with van der Waals surface area (Å²) in [6.45, 7) is 0. The van der Waals surface area contributed by atoms with Crippen molar-refractivity contribution in [3.63, 3.8) is 0 Å². The van der Waals surface area contributed by atoms with Crippen molar-refractivity contribution >= 4 is 29.2 Å². The van der Waals surface area contributed by atoms with E-state index in [9.17, 15) is 9.90 Å². The second-order valence-electron chi connectivity index (χ2n) is 2.35. The molecule has 1 unspecified atom stereocenters. The highest BCUT2D eigenvalue weighted by Crippen LogP contribution is 2.36. The number of alkyl halides is 2. The zero-order chi connectivity index (χ0) is 10.1. The first-order chi connectivity index (χ1) is 5.96. The van der Waals surface area contributed by atoms with Crippen molar-refractivity contribution in [1.29, 1.82) is 0 Å². The van der Waals surface area contributed by atoms with Gasteiger partial charge in [-0.2, -0.15) is 0 Å². The van der Waals surface area contributed by atoms with E-state index in [2.05, 4.69) is 0 Å². The van der Waals surface area contributed by atoms with Crippen LogP contribution in [0.4, 0.5) is 0 Å². The Morgan fingerprint density at radius 2 is 2.23 bits per heavy atom. The van der Waals surface area contributed by atoms with Crippen LogP contribution in [0.25, 0.3) is 0 Å². The van der Waals surface area contributed by atoms with Crippen LogP contribution in [0.2, 0.25) is 0 Å². The summed E-state index contributed by atoms with van der Waals surface area (Å²) in [4.78, 5) is 10.5. The molecular weight excluding hydrogens is 219 g/mol. The maximum absolute atomic E-state index is 10.5. The van der Waals surface area contributed by atoms with Gasteiger partial charge in [0.1, 0.15) is 5.76 Å². The minimum Gasteiger partial charge on any atom is -0.479 e. The van der Waals surface area contributed by atoms with Gasteiger partial charge in [-0.05, 0) is 12.1 Å². The predicted molar refractivity (Wildman–Crippen MR) is 45.7 cm³/mol. The van der Waals surface area contributed by atoms with Gasteiger partial charge in [0.15, 0.2) is 6.10 Å². The van der Waals surface area contributed by atoms with E-state index < -0.39 is 16.4 Å². The van der Waals surface area contributed by atoms with Crippen LogP contribution in [0.5, 0.6) is 0 Å². The summed E-state index contributed by atoms with van der Waals surface area (Å²) in [5, 5.41) is 17.9. The maximum Gasteiger partial charge on any atom is 0.343 e. The molecule has 13 heavy (non-hydrogen) atoms. The van der Waals surface area contributed by atoms with Crippen LogP contribution in [0.3, 0.4) is 0 Å². The molecule has 1 rings (SSSR count). The molecule has 6 heteroatoms. The monoisotopic (exact) mass is 224 g/mol. The van der Waals surface area contributed by atoms with E-state index in [0.717, 1.165) is 0 Å². The highest BCUT2D eigenvalue weighted by Gasteiger charge is 2.44. The molecule has 0 aliphatic carbocycles. The lowest BCUT2D eigenvalue weighted by molar-refractivity contribution is -0.140. The van der Waals surface area contributed by atoms with E-state index in [4.69, 9.17) is 32.7 Å². The van der Waals surface area contributed by atoms with Gasteiger partial charge in [0.25, 0.3) is 0 Å². The first-order valence-electron chi connectivity index (χ1n) is 3.29. The molecule has 0 aliphatic heterocycles. The molecule has 72 valence electrons. The first-order valence-corrected chi connectivity index (χ1v) is 4.04. The number of aliphatic carboxylic acids is 1. The number of furan rings is 1. The summed E-state index contributed by atoms with van der Waals surface area (Å²) < 4.78 is 2.46. The zero-order valence-electron chi connectivity index (χ0n) is 6.28. The lowest BCUT2D eigenvalue weighted by Crippen LogP contribution is -2.32. The summed E-state index contributed by atoms with van der Waals surface area (Å²) in [5.41, 5.74) is 0. The average Bonchev–Trinajstić information content (AvgIpc) is 2.54. The third-order valence-electron chi connectivity index (χ3n) is 1.44. The van der Waals surface area contributed by atoms with Crippen LogP contribution in [0.15, 0.2) is 22.8 Å². The van der Waals surface area contributed by atoms with Crippen molar-refractivity contribution in [2.24, 2.45) is 0 Å². The third kappa shape index (κ3) is 1.96. The Bertz CT molecular complexity index is 293. The van der Waals surface area contributed by atoms with E-state index in [1.807, 2.05) is 0 Å². The number of aliphatic hydroxyl groups is 1. The number of hydrogen-bond donors (Lipinski definition) is 2. The Balaban J connectivity index is 2.90. The van der Waals surface area contributed by atoms with E-state index in [1.54, 1.807) is 0 Å². The minimum absolute atomic E-state index is 0.00685. The number of rotatable bonds is 3. The molecule has 4 nitrogen and oxygen atoms in total. The molecule has 0 bridgehead atoms. The fourth-order valence-corrected chi connectivity index (χ4v) is 0.958. The Hall–Kier alpha value is -0.710. The van der Waals surface area contributed by atoms with Gasteiger partial charge in [-0.15, -0.1) is 0 Å². The molecule has 1 atom stereocenters. The summed E-state index contributed by atoms with van der Waals surface area (Å²) in [7, 11) is 0. The number of hydrogen-bond acceptors (Lipinski definition) is 3. The smallest absolute Gasteiger partial charge is 0.343 e. The van der Waals surface area contributed by atoms with Gasteiger partial charge < -0.3 is 14.6 Å². The highest BCUT2D eigenvalue weighted by molar-refractivity contribution is 6.57. The Morgan fingerprint density at radius 1 is 1.62 bits per heavy atom. The second kappa shape index (κ2) is 3.57. The van der Waals surface area contributed by atoms with E-state index >= 15 is 0 Å². The molecule has 0 saturated heterocycles. The van der Waals surface area contributed by atoms with Gasteiger partial charge >= 0.3 is 5.97 Å². The van der Waals surface area contributed by atoms with Crippen molar-refractivity contribution in [3.05, 3.63) is 24.2 Å². The van der Waals surface area contributed by atoms with Gasteiger partial charge in [-0.3, -0.25) is 0 Å². The van der Waals surface area contributed by atoms with Gasteiger partial charge in [-0.1, -0.05) is 23.2 Å². The number of carbonyl (C=O) groups is 1. The topological polar surface area (TPSA) is 70.7 Å². The predicted octanol–water partition coefficient (Wildman–Crippen LogP) is 1.57. The molecule has 0 aliphatic rings. The van der Waals surface area contributed by atoms with Crippen LogP contribution in [-0.4, -0.2) is 20.5 Å². The lowest BCUT2D eigenvalue weighted by Gasteiger charge is -2.18. The second-order valence-corrected chi connectivity index (χ2v) is 3.73. The van der Waals surface area contributed by atoms with Gasteiger partial charge in [-0.25, -0.2) is 4.79 Å². The SMILES string of the molecule is O=C(O)C(Cl)(Cl)C(O)c1ccco1. The van der Waals surface area contributed by atoms with Crippen LogP contribution < -0.4 is 0 Å². The molecule has 0 aromatic carbocycles. The normalized spacial score (nSPS) is 14.1. The maximum atomic E-state index is 10.5. The van der Waals surface area contributed by atoms with Gasteiger partial charge in [0, 0.05) is 0 Å². The molecule has 2 N–H and O–H groups in total. The van der Waals surface area contributed by atoms with Crippen molar-refractivity contribution < 1.29 is 19.4 Å². The Kier molecular flexibility index (Phi) is 2.85. The largest absolute Gasteiger partial charge is 0.479 e. The van der Waals surface area contributed by atoms with Crippen molar-refractivity contribution in [2.75, 3.05) is 0 Å². The molecule has 0 saturated carbocycles. The van der Waals surface area contributed by atoms with Crippen molar-refractivity contribution in [2.45, 2.75) is 10.4 Å². The average molecular weight is 225 g/mol. The summed E-state index contributed by atoms with van der Waals surface area (Å²) in [6.07, 6.45) is -0.312. The van der Waals surface area contributed by atoms with Gasteiger partial charge in [0.05, 0.1) is 6.26 Å². The molecule has 0 amide bonds. The molecule has 1 aromatic rings. The lowest BCUT2D eigenvalue weighted by atomic mass is 10.2. The first kappa shape index (κ1) is 10.4. The molecule has 0 fully saturated rings.